The first-order chi connectivity index (χ1) is 9.63. The zero-order chi connectivity index (χ0) is 15.0. The third kappa shape index (κ3) is 4.17. The number of esters is 1. The Bertz CT molecular complexity index is 498. The molecule has 108 valence electrons. The Hall–Kier alpha value is -2.21. The van der Waals surface area contributed by atoms with Gasteiger partial charge in [0.25, 0.3) is 0 Å². The molecule has 1 unspecified atom stereocenters. The zero-order valence-electron chi connectivity index (χ0n) is 11.9. The molecule has 0 saturated heterocycles. The molecule has 0 aromatic carbocycles. The van der Waals surface area contributed by atoms with Crippen molar-refractivity contribution in [1.29, 1.82) is 0 Å². The number of nitrogens with zero attached hydrogens (tertiary/aromatic N) is 2. The van der Waals surface area contributed by atoms with Crippen LogP contribution in [0, 0.1) is 0 Å². The quantitative estimate of drug-likeness (QED) is 0.485. The first-order valence-corrected chi connectivity index (χ1v) is 6.24. The van der Waals surface area contributed by atoms with E-state index in [1.807, 2.05) is 0 Å². The standard InChI is InChI=1S/C14H19N3O3/c1-4-20-14(18)12(8-15)13(10(2)19-3)17-11-6-5-7-16-9-11/h5-10H,4,15H2,1-3H3/b12-8+,17-13?. The molecule has 1 rings (SSSR count). The summed E-state index contributed by atoms with van der Waals surface area (Å²) >= 11 is 0. The highest BCUT2D eigenvalue weighted by molar-refractivity contribution is 6.22. The Balaban J connectivity index is 3.18. The maximum atomic E-state index is 11.9. The Kier molecular flexibility index (Phi) is 6.39. The second-order valence-electron chi connectivity index (χ2n) is 3.89. The maximum absolute atomic E-state index is 11.9. The molecule has 0 radical (unpaired) electrons. The molecule has 1 heterocycles. The second-order valence-corrected chi connectivity index (χ2v) is 3.89. The van der Waals surface area contributed by atoms with Crippen LogP contribution >= 0.6 is 0 Å². The lowest BCUT2D eigenvalue weighted by Gasteiger charge is -2.15. The number of pyridine rings is 1. The van der Waals surface area contributed by atoms with Gasteiger partial charge in [-0.25, -0.2) is 9.79 Å². The highest BCUT2D eigenvalue weighted by Gasteiger charge is 2.22. The van der Waals surface area contributed by atoms with E-state index in [1.165, 1.54) is 13.3 Å². The molecule has 2 N–H and O–H groups in total. The fourth-order valence-electron chi connectivity index (χ4n) is 1.51. The van der Waals surface area contributed by atoms with Crippen molar-refractivity contribution in [2.45, 2.75) is 20.0 Å². The van der Waals surface area contributed by atoms with Crippen LogP contribution in [0.4, 0.5) is 5.69 Å². The van der Waals surface area contributed by atoms with Crippen molar-refractivity contribution in [3.8, 4) is 0 Å². The molecule has 0 bridgehead atoms. The summed E-state index contributed by atoms with van der Waals surface area (Å²) in [5.74, 6) is -0.526. The van der Waals surface area contributed by atoms with Gasteiger partial charge in [-0.3, -0.25) is 4.98 Å². The molecule has 1 atom stereocenters. The van der Waals surface area contributed by atoms with Crippen LogP contribution in [-0.4, -0.2) is 36.5 Å². The van der Waals surface area contributed by atoms with Gasteiger partial charge in [0.2, 0.25) is 0 Å². The molecule has 0 amide bonds. The van der Waals surface area contributed by atoms with Crippen LogP contribution in [0.3, 0.4) is 0 Å². The first-order valence-electron chi connectivity index (χ1n) is 6.24. The van der Waals surface area contributed by atoms with Gasteiger partial charge in [0.05, 0.1) is 35.9 Å². The average molecular weight is 277 g/mol. The van der Waals surface area contributed by atoms with Gasteiger partial charge in [-0.2, -0.15) is 0 Å². The van der Waals surface area contributed by atoms with Crippen molar-refractivity contribution < 1.29 is 14.3 Å². The molecule has 0 saturated carbocycles. The third-order valence-electron chi connectivity index (χ3n) is 2.57. The highest BCUT2D eigenvalue weighted by Crippen LogP contribution is 2.15. The summed E-state index contributed by atoms with van der Waals surface area (Å²) in [6.45, 7) is 3.76. The summed E-state index contributed by atoms with van der Waals surface area (Å²) in [7, 11) is 1.53. The fraction of sp³-hybridized carbons (Fsp3) is 0.357. The number of carbonyl (C=O) groups is 1. The van der Waals surface area contributed by atoms with Crippen LogP contribution in [-0.2, 0) is 14.3 Å². The van der Waals surface area contributed by atoms with Crippen molar-refractivity contribution in [3.63, 3.8) is 0 Å². The maximum Gasteiger partial charge on any atom is 0.341 e. The molecule has 0 aliphatic carbocycles. The number of hydrogen-bond acceptors (Lipinski definition) is 6. The molecule has 1 aromatic heterocycles. The Morgan fingerprint density at radius 3 is 2.85 bits per heavy atom. The number of aliphatic imine (C=N–C) groups is 1. The molecular formula is C14H19N3O3. The summed E-state index contributed by atoms with van der Waals surface area (Å²) in [6.07, 6.45) is 4.00. The predicted molar refractivity (Wildman–Crippen MR) is 76.7 cm³/mol. The van der Waals surface area contributed by atoms with Gasteiger partial charge < -0.3 is 15.2 Å². The lowest BCUT2D eigenvalue weighted by molar-refractivity contribution is -0.137. The van der Waals surface area contributed by atoms with Gasteiger partial charge in [0.15, 0.2) is 0 Å². The number of aromatic nitrogens is 1. The number of ether oxygens (including phenoxy) is 2. The van der Waals surface area contributed by atoms with Crippen LogP contribution < -0.4 is 5.73 Å². The van der Waals surface area contributed by atoms with Crippen LogP contribution in [0.2, 0.25) is 0 Å². The van der Waals surface area contributed by atoms with E-state index in [0.717, 1.165) is 0 Å². The van der Waals surface area contributed by atoms with Crippen LogP contribution in [0.25, 0.3) is 0 Å². The SMILES string of the molecule is CCOC(=O)/C(=C/N)C(=Nc1cccnc1)C(C)OC. The number of hydrogen-bond donors (Lipinski definition) is 1. The van der Waals surface area contributed by atoms with E-state index in [1.54, 1.807) is 38.4 Å². The average Bonchev–Trinajstić information content (AvgIpc) is 2.47. The van der Waals surface area contributed by atoms with Gasteiger partial charge in [-0.15, -0.1) is 0 Å². The van der Waals surface area contributed by atoms with E-state index >= 15 is 0 Å². The molecular weight excluding hydrogens is 258 g/mol. The molecule has 0 aliphatic heterocycles. The van der Waals surface area contributed by atoms with Gasteiger partial charge in [0.1, 0.15) is 0 Å². The van der Waals surface area contributed by atoms with Gasteiger partial charge in [-0.05, 0) is 26.0 Å². The summed E-state index contributed by atoms with van der Waals surface area (Å²) in [4.78, 5) is 20.3. The Labute approximate surface area is 118 Å². The number of carbonyl (C=O) groups excluding carboxylic acids is 1. The Morgan fingerprint density at radius 2 is 2.35 bits per heavy atom. The van der Waals surface area contributed by atoms with Crippen molar-refractivity contribution in [2.24, 2.45) is 10.7 Å². The zero-order valence-corrected chi connectivity index (χ0v) is 11.9. The van der Waals surface area contributed by atoms with Gasteiger partial charge in [0, 0.05) is 19.5 Å². The van der Waals surface area contributed by atoms with E-state index in [2.05, 4.69) is 9.98 Å². The van der Waals surface area contributed by atoms with E-state index in [-0.39, 0.29) is 12.2 Å². The second kappa shape index (κ2) is 8.06. The summed E-state index contributed by atoms with van der Waals surface area (Å²) in [6, 6.07) is 3.53. The van der Waals surface area contributed by atoms with E-state index in [4.69, 9.17) is 15.2 Å². The fourth-order valence-corrected chi connectivity index (χ4v) is 1.51. The summed E-state index contributed by atoms with van der Waals surface area (Å²) < 4.78 is 10.2. The molecule has 6 nitrogen and oxygen atoms in total. The van der Waals surface area contributed by atoms with E-state index in [0.29, 0.717) is 11.4 Å². The highest BCUT2D eigenvalue weighted by atomic mass is 16.5. The molecule has 0 spiro atoms. The number of rotatable bonds is 6. The number of nitrogens with two attached hydrogens (primary N) is 1. The smallest absolute Gasteiger partial charge is 0.341 e. The topological polar surface area (TPSA) is 86.8 Å². The third-order valence-corrected chi connectivity index (χ3v) is 2.57. The van der Waals surface area contributed by atoms with Crippen molar-refractivity contribution in [1.82, 2.24) is 4.98 Å². The normalized spacial score (nSPS) is 13.9. The van der Waals surface area contributed by atoms with Crippen molar-refractivity contribution in [2.75, 3.05) is 13.7 Å². The molecule has 0 aliphatic rings. The van der Waals surface area contributed by atoms with Gasteiger partial charge in [-0.1, -0.05) is 0 Å². The lowest BCUT2D eigenvalue weighted by Crippen LogP contribution is -2.27. The van der Waals surface area contributed by atoms with Crippen LogP contribution in [0.15, 0.2) is 41.3 Å². The van der Waals surface area contributed by atoms with Crippen LogP contribution in [0.5, 0.6) is 0 Å². The van der Waals surface area contributed by atoms with Crippen molar-refractivity contribution in [3.05, 3.63) is 36.3 Å². The van der Waals surface area contributed by atoms with Crippen LogP contribution in [0.1, 0.15) is 13.8 Å². The first kappa shape index (κ1) is 15.8. The van der Waals surface area contributed by atoms with E-state index in [9.17, 15) is 4.79 Å². The molecule has 6 heteroatoms. The van der Waals surface area contributed by atoms with Crippen molar-refractivity contribution >= 4 is 17.4 Å². The summed E-state index contributed by atoms with van der Waals surface area (Å²) in [5.41, 5.74) is 6.73. The minimum atomic E-state index is -0.526. The van der Waals surface area contributed by atoms with Gasteiger partial charge >= 0.3 is 5.97 Å². The monoisotopic (exact) mass is 277 g/mol. The lowest BCUT2D eigenvalue weighted by atomic mass is 10.1. The Morgan fingerprint density at radius 1 is 1.60 bits per heavy atom. The van der Waals surface area contributed by atoms with E-state index < -0.39 is 12.1 Å². The molecule has 0 fully saturated rings. The minimum absolute atomic E-state index is 0.185. The summed E-state index contributed by atoms with van der Waals surface area (Å²) in [5, 5.41) is 0. The largest absolute Gasteiger partial charge is 0.462 e. The molecule has 1 aromatic rings. The molecule has 20 heavy (non-hydrogen) atoms. The number of methoxy groups -OCH3 is 1. The predicted octanol–water partition coefficient (Wildman–Crippen LogP) is 1.59. The minimum Gasteiger partial charge on any atom is -0.462 e.